The third-order valence-electron chi connectivity index (χ3n) is 4.81. The monoisotopic (exact) mass is 388 g/mol. The van der Waals surface area contributed by atoms with Gasteiger partial charge in [-0.15, -0.1) is 0 Å². The molecule has 1 aromatic heterocycles. The van der Waals surface area contributed by atoms with Crippen LogP contribution in [0.4, 0.5) is 0 Å². The van der Waals surface area contributed by atoms with E-state index in [4.69, 9.17) is 20.8 Å². The van der Waals surface area contributed by atoms with Gasteiger partial charge in [-0.1, -0.05) is 53.1 Å². The molecule has 2 rings (SSSR count). The van der Waals surface area contributed by atoms with Gasteiger partial charge in [-0.05, 0) is 46.5 Å². The first kappa shape index (κ1) is 21.3. The van der Waals surface area contributed by atoms with E-state index in [2.05, 4.69) is 44.2 Å². The summed E-state index contributed by atoms with van der Waals surface area (Å²) in [6, 6.07) is 0. The molecule has 0 bridgehead atoms. The van der Waals surface area contributed by atoms with E-state index in [0.717, 1.165) is 24.3 Å². The number of hydrogen-bond acceptors (Lipinski definition) is 3. The molecular weight excluding hydrogens is 360 g/mol. The normalized spacial score (nSPS) is 18.3. The van der Waals surface area contributed by atoms with Gasteiger partial charge < -0.3 is 9.15 Å². The Hall–Kier alpha value is -2.00. The molecule has 0 aliphatic heterocycles. The minimum atomic E-state index is -0.00215. The lowest BCUT2D eigenvalue weighted by molar-refractivity contribution is 0.279. The molecule has 0 saturated heterocycles. The second-order valence-electron chi connectivity index (χ2n) is 7.18. The zero-order valence-electron chi connectivity index (χ0n) is 16.9. The summed E-state index contributed by atoms with van der Waals surface area (Å²) in [5, 5.41) is 0.914. The van der Waals surface area contributed by atoms with Crippen LogP contribution in [0.5, 0.6) is 5.95 Å². The molecule has 1 aliphatic rings. The Kier molecular flexibility index (Phi) is 7.73. The highest BCUT2D eigenvalue weighted by atomic mass is 35.5. The summed E-state index contributed by atoms with van der Waals surface area (Å²) in [7, 11) is 1.52. The Balaban J connectivity index is 2.07. The Bertz CT molecular complexity index is 853. The average molecular weight is 389 g/mol. The van der Waals surface area contributed by atoms with Gasteiger partial charge in [0.15, 0.2) is 5.43 Å². The van der Waals surface area contributed by atoms with Crippen LogP contribution in [-0.4, -0.2) is 7.11 Å². The van der Waals surface area contributed by atoms with Crippen molar-refractivity contribution in [2.45, 2.75) is 53.4 Å². The number of hydrogen-bond donors (Lipinski definition) is 0. The van der Waals surface area contributed by atoms with E-state index in [1.54, 1.807) is 6.92 Å². The molecule has 0 amide bonds. The van der Waals surface area contributed by atoms with Crippen LogP contribution in [0.15, 0.2) is 55.8 Å². The molecule has 1 atom stereocenters. The molecule has 1 unspecified atom stereocenters. The molecule has 0 saturated carbocycles. The van der Waals surface area contributed by atoms with Crippen molar-refractivity contribution >= 4 is 11.6 Å². The van der Waals surface area contributed by atoms with Crippen molar-refractivity contribution in [1.29, 1.82) is 0 Å². The molecular formula is C23H29ClO3. The van der Waals surface area contributed by atoms with E-state index in [0.29, 0.717) is 35.2 Å². The smallest absolute Gasteiger partial charge is 0.291 e. The fourth-order valence-electron chi connectivity index (χ4n) is 3.26. The number of aryl methyl sites for hydroxylation is 1. The van der Waals surface area contributed by atoms with Crippen molar-refractivity contribution in [1.82, 2.24) is 0 Å². The van der Waals surface area contributed by atoms with Crippen LogP contribution in [0, 0.1) is 19.8 Å². The highest BCUT2D eigenvalue weighted by molar-refractivity contribution is 6.29. The topological polar surface area (TPSA) is 39.4 Å². The number of methoxy groups -OCH3 is 1. The zero-order valence-corrected chi connectivity index (χ0v) is 17.7. The summed E-state index contributed by atoms with van der Waals surface area (Å²) in [5.74, 6) is 1.39. The molecule has 3 nitrogen and oxygen atoms in total. The first-order chi connectivity index (χ1) is 12.8. The third kappa shape index (κ3) is 6.00. The van der Waals surface area contributed by atoms with E-state index in [9.17, 15) is 4.79 Å². The zero-order chi connectivity index (χ0) is 20.0. The van der Waals surface area contributed by atoms with Gasteiger partial charge in [-0.3, -0.25) is 4.79 Å². The molecule has 1 heterocycles. The van der Waals surface area contributed by atoms with Gasteiger partial charge in [0, 0.05) is 23.4 Å². The number of rotatable bonds is 6. The molecule has 0 spiro atoms. The maximum Gasteiger partial charge on any atom is 0.291 e. The van der Waals surface area contributed by atoms with Crippen molar-refractivity contribution in [2.24, 2.45) is 5.92 Å². The van der Waals surface area contributed by atoms with Gasteiger partial charge in [0.05, 0.1) is 12.7 Å². The van der Waals surface area contributed by atoms with Crippen molar-refractivity contribution in [3.63, 3.8) is 0 Å². The molecule has 146 valence electrons. The van der Waals surface area contributed by atoms with Crippen molar-refractivity contribution in [3.8, 4) is 5.95 Å². The largest absolute Gasteiger partial charge is 0.468 e. The lowest BCUT2D eigenvalue weighted by Crippen LogP contribution is -2.13. The van der Waals surface area contributed by atoms with Crippen molar-refractivity contribution < 1.29 is 9.15 Å². The summed E-state index contributed by atoms with van der Waals surface area (Å²) < 4.78 is 11.0. The molecule has 1 aromatic rings. The lowest BCUT2D eigenvalue weighted by Gasteiger charge is -2.10. The summed E-state index contributed by atoms with van der Waals surface area (Å²) >= 11 is 6.10. The van der Waals surface area contributed by atoms with E-state index >= 15 is 0 Å². The minimum absolute atomic E-state index is 0.00215. The first-order valence-corrected chi connectivity index (χ1v) is 9.73. The average Bonchev–Trinajstić information content (AvgIpc) is 2.83. The molecule has 27 heavy (non-hydrogen) atoms. The fourth-order valence-corrected chi connectivity index (χ4v) is 3.44. The summed E-state index contributed by atoms with van der Waals surface area (Å²) in [4.78, 5) is 12.3. The van der Waals surface area contributed by atoms with Crippen LogP contribution in [0.3, 0.4) is 0 Å². The van der Waals surface area contributed by atoms with Crippen molar-refractivity contribution in [2.75, 3.05) is 7.11 Å². The van der Waals surface area contributed by atoms with Crippen LogP contribution < -0.4 is 10.2 Å². The predicted octanol–water partition coefficient (Wildman–Crippen LogP) is 6.18. The molecule has 0 aromatic carbocycles. The van der Waals surface area contributed by atoms with Crippen LogP contribution in [-0.2, 0) is 6.42 Å². The van der Waals surface area contributed by atoms with Crippen LogP contribution in [0.1, 0.15) is 50.0 Å². The summed E-state index contributed by atoms with van der Waals surface area (Å²) in [5.41, 5.74) is 3.67. The highest BCUT2D eigenvalue weighted by Crippen LogP contribution is 2.23. The van der Waals surface area contributed by atoms with Crippen LogP contribution >= 0.6 is 11.6 Å². The van der Waals surface area contributed by atoms with Crippen molar-refractivity contribution in [3.05, 3.63) is 73.7 Å². The third-order valence-corrected chi connectivity index (χ3v) is 5.12. The Morgan fingerprint density at radius 1 is 1.33 bits per heavy atom. The SMILES string of the molecule is COc1oc(CC/C(C)=C/C(C)=C/C2C=CCC(Cl)=CC2)c(C)c(=O)c1C. The van der Waals surface area contributed by atoms with Gasteiger partial charge in [0.1, 0.15) is 5.76 Å². The maximum absolute atomic E-state index is 12.3. The van der Waals surface area contributed by atoms with Gasteiger partial charge in [-0.2, -0.15) is 0 Å². The van der Waals surface area contributed by atoms with E-state index < -0.39 is 0 Å². The van der Waals surface area contributed by atoms with Gasteiger partial charge in [0.25, 0.3) is 5.95 Å². The Morgan fingerprint density at radius 2 is 2.07 bits per heavy atom. The molecule has 0 N–H and O–H groups in total. The van der Waals surface area contributed by atoms with Crippen LogP contribution in [0.25, 0.3) is 0 Å². The predicted molar refractivity (Wildman–Crippen MR) is 113 cm³/mol. The number of ether oxygens (including phenoxy) is 1. The minimum Gasteiger partial charge on any atom is -0.468 e. The van der Waals surface area contributed by atoms with Gasteiger partial charge >= 0.3 is 0 Å². The molecule has 0 fully saturated rings. The Morgan fingerprint density at radius 3 is 2.78 bits per heavy atom. The quantitative estimate of drug-likeness (QED) is 0.431. The van der Waals surface area contributed by atoms with Gasteiger partial charge in [-0.25, -0.2) is 0 Å². The summed E-state index contributed by atoms with van der Waals surface area (Å²) in [6.07, 6.45) is 14.2. The van der Waals surface area contributed by atoms with Gasteiger partial charge in [0.2, 0.25) is 0 Å². The second-order valence-corrected chi connectivity index (χ2v) is 7.67. The second kappa shape index (κ2) is 9.80. The number of halogens is 1. The van der Waals surface area contributed by atoms with E-state index in [-0.39, 0.29) is 5.43 Å². The fraction of sp³-hybridized carbons (Fsp3) is 0.435. The Labute approximate surface area is 167 Å². The maximum atomic E-state index is 12.3. The highest BCUT2D eigenvalue weighted by Gasteiger charge is 2.14. The molecule has 0 radical (unpaired) electrons. The van der Waals surface area contributed by atoms with E-state index in [1.165, 1.54) is 18.3 Å². The standard InChI is InChI=1S/C23H29ClO3/c1-15(13-16(2)14-19-7-6-8-20(24)11-10-19)9-12-21-17(3)22(25)18(4)23(26-5)27-21/h6-7,11,13-14,19H,8-10,12H2,1-5H3/b15-13+,16-14+. The van der Waals surface area contributed by atoms with Crippen LogP contribution in [0.2, 0.25) is 0 Å². The molecule has 1 aliphatic carbocycles. The van der Waals surface area contributed by atoms with E-state index in [1.807, 2.05) is 6.92 Å². The summed E-state index contributed by atoms with van der Waals surface area (Å²) in [6.45, 7) is 7.77. The lowest BCUT2D eigenvalue weighted by atomic mass is 10.00. The molecule has 4 heteroatoms. The first-order valence-electron chi connectivity index (χ1n) is 9.35. The number of allylic oxidation sites excluding steroid dienone is 8.